The summed E-state index contributed by atoms with van der Waals surface area (Å²) in [4.78, 5) is 35.7. The van der Waals surface area contributed by atoms with Crippen LogP contribution in [0.5, 0.6) is 17.2 Å². The first-order valence-electron chi connectivity index (χ1n) is 13.6. The van der Waals surface area contributed by atoms with E-state index in [0.29, 0.717) is 60.3 Å². The molecule has 11 heteroatoms. The van der Waals surface area contributed by atoms with Gasteiger partial charge in [0.2, 0.25) is 5.75 Å². The van der Waals surface area contributed by atoms with Crippen molar-refractivity contribution in [3.05, 3.63) is 58.6 Å². The molecule has 1 amide bonds. The Morgan fingerprint density at radius 2 is 1.73 bits per heavy atom. The molecule has 0 bridgehead atoms. The number of morpholine rings is 1. The van der Waals surface area contributed by atoms with Gasteiger partial charge in [0.15, 0.2) is 17.3 Å². The van der Waals surface area contributed by atoms with Crippen LogP contribution < -0.4 is 14.2 Å². The van der Waals surface area contributed by atoms with Crippen molar-refractivity contribution < 1.29 is 33.6 Å². The van der Waals surface area contributed by atoms with Crippen molar-refractivity contribution in [2.24, 2.45) is 0 Å². The smallest absolute Gasteiger partial charge is 0.295 e. The first-order chi connectivity index (χ1) is 19.8. The number of nitrogens with zero attached hydrogens (tertiary/aromatic N) is 4. The largest absolute Gasteiger partial charge is 0.505 e. The maximum Gasteiger partial charge on any atom is 0.295 e. The fourth-order valence-electron chi connectivity index (χ4n) is 5.68. The summed E-state index contributed by atoms with van der Waals surface area (Å²) in [6, 6.07) is 6.35. The van der Waals surface area contributed by atoms with E-state index in [1.54, 1.807) is 12.1 Å². The third-order valence-corrected chi connectivity index (χ3v) is 7.83. The van der Waals surface area contributed by atoms with Gasteiger partial charge in [-0.1, -0.05) is 6.07 Å². The van der Waals surface area contributed by atoms with E-state index in [1.165, 1.54) is 26.2 Å². The van der Waals surface area contributed by atoms with Gasteiger partial charge < -0.3 is 33.4 Å². The minimum atomic E-state index is -0.890. The van der Waals surface area contributed by atoms with E-state index in [1.807, 2.05) is 36.6 Å². The van der Waals surface area contributed by atoms with E-state index in [-0.39, 0.29) is 17.0 Å². The fourth-order valence-corrected chi connectivity index (χ4v) is 5.68. The highest BCUT2D eigenvalue weighted by Crippen LogP contribution is 2.46. The van der Waals surface area contributed by atoms with Crippen LogP contribution in [0.15, 0.2) is 36.0 Å². The van der Waals surface area contributed by atoms with Gasteiger partial charge >= 0.3 is 0 Å². The second kappa shape index (κ2) is 11.8. The Kier molecular flexibility index (Phi) is 8.18. The van der Waals surface area contributed by atoms with Crippen LogP contribution in [0.2, 0.25) is 0 Å². The third kappa shape index (κ3) is 5.11. The number of amides is 1. The Balaban J connectivity index is 1.63. The average molecular weight is 565 g/mol. The van der Waals surface area contributed by atoms with Crippen LogP contribution in [-0.4, -0.2) is 96.7 Å². The molecule has 0 aliphatic carbocycles. The molecule has 1 atom stereocenters. The molecule has 41 heavy (non-hydrogen) atoms. The standard InChI is InChI=1S/C30H36N4O7/c1-18-8-6-10-33-19(2)24(31-29(18)33)26(35)23-25(20-16-21(38-3)28(40-5)22(17-20)39-4)34(30(37)27(23)36)11-7-9-32-12-14-41-15-13-32/h6,8,10,16-17,25,35H,7,9,11-15H2,1-5H3. The summed E-state index contributed by atoms with van der Waals surface area (Å²) in [5.74, 6) is -0.626. The molecule has 218 valence electrons. The van der Waals surface area contributed by atoms with Gasteiger partial charge in [-0.05, 0) is 49.6 Å². The summed E-state index contributed by atoms with van der Waals surface area (Å²) in [7, 11) is 4.51. The highest BCUT2D eigenvalue weighted by molar-refractivity contribution is 6.46. The van der Waals surface area contributed by atoms with Crippen LogP contribution in [0.1, 0.15) is 35.0 Å². The number of aliphatic hydroxyl groups excluding tert-OH is 1. The molecule has 2 aliphatic heterocycles. The van der Waals surface area contributed by atoms with Gasteiger partial charge in [0.05, 0.1) is 51.9 Å². The number of aryl methyl sites for hydroxylation is 2. The first kappa shape index (κ1) is 28.4. The van der Waals surface area contributed by atoms with E-state index in [9.17, 15) is 14.7 Å². The molecule has 1 N–H and O–H groups in total. The highest BCUT2D eigenvalue weighted by atomic mass is 16.5. The van der Waals surface area contributed by atoms with Gasteiger partial charge in [-0.15, -0.1) is 0 Å². The van der Waals surface area contributed by atoms with Crippen LogP contribution >= 0.6 is 0 Å². The molecular formula is C30H36N4O7. The van der Waals surface area contributed by atoms with Gasteiger partial charge in [0.25, 0.3) is 11.7 Å². The molecule has 2 aromatic heterocycles. The summed E-state index contributed by atoms with van der Waals surface area (Å²) in [6.45, 7) is 7.80. The number of ketones is 1. The molecule has 0 saturated carbocycles. The van der Waals surface area contributed by atoms with E-state index in [0.717, 1.165) is 25.2 Å². The molecule has 2 saturated heterocycles. The number of ether oxygens (including phenoxy) is 4. The summed E-state index contributed by atoms with van der Waals surface area (Å²) in [5, 5.41) is 11.7. The first-order valence-corrected chi connectivity index (χ1v) is 13.6. The van der Waals surface area contributed by atoms with Crippen molar-refractivity contribution in [1.82, 2.24) is 19.2 Å². The minimum Gasteiger partial charge on any atom is -0.505 e. The molecule has 2 aliphatic rings. The number of Topliss-reactive ketones (excluding diaryl/α,β-unsaturated/α-hetero) is 1. The Bertz CT molecular complexity index is 1480. The number of rotatable bonds is 9. The molecular weight excluding hydrogens is 528 g/mol. The topological polar surface area (TPSA) is 115 Å². The summed E-state index contributed by atoms with van der Waals surface area (Å²) in [6.07, 6.45) is 2.49. The second-order valence-corrected chi connectivity index (χ2v) is 10.2. The summed E-state index contributed by atoms with van der Waals surface area (Å²) in [5.41, 5.74) is 3.01. The number of likely N-dealkylation sites (tertiary alicyclic amines) is 1. The number of aromatic nitrogens is 2. The fraction of sp³-hybridized carbons (Fsp3) is 0.433. The molecule has 1 unspecified atom stereocenters. The van der Waals surface area contributed by atoms with Gasteiger partial charge in [-0.2, -0.15) is 0 Å². The molecule has 11 nitrogen and oxygen atoms in total. The molecule has 2 fully saturated rings. The maximum atomic E-state index is 13.6. The van der Waals surface area contributed by atoms with E-state index in [2.05, 4.69) is 9.88 Å². The number of aliphatic hydroxyl groups is 1. The number of carbonyl (C=O) groups is 2. The van der Waals surface area contributed by atoms with Crippen LogP contribution in [0.4, 0.5) is 0 Å². The number of fused-ring (bicyclic) bond motifs is 1. The average Bonchev–Trinajstić information content (AvgIpc) is 3.46. The number of hydrogen-bond acceptors (Lipinski definition) is 9. The molecule has 5 rings (SSSR count). The van der Waals surface area contributed by atoms with E-state index >= 15 is 0 Å². The lowest BCUT2D eigenvalue weighted by atomic mass is 9.95. The quantitative estimate of drug-likeness (QED) is 0.238. The van der Waals surface area contributed by atoms with E-state index < -0.39 is 17.7 Å². The van der Waals surface area contributed by atoms with Crippen molar-refractivity contribution >= 4 is 23.1 Å². The normalized spacial score (nSPS) is 19.2. The van der Waals surface area contributed by atoms with Crippen LogP contribution in [0.25, 0.3) is 11.4 Å². The lowest BCUT2D eigenvalue weighted by Crippen LogP contribution is -2.39. The van der Waals surface area contributed by atoms with Crippen LogP contribution in [-0.2, 0) is 14.3 Å². The Morgan fingerprint density at radius 1 is 1.05 bits per heavy atom. The lowest BCUT2D eigenvalue weighted by molar-refractivity contribution is -0.140. The predicted molar refractivity (Wildman–Crippen MR) is 152 cm³/mol. The maximum absolute atomic E-state index is 13.6. The minimum absolute atomic E-state index is 0.0280. The Labute approximate surface area is 238 Å². The van der Waals surface area contributed by atoms with Gasteiger partial charge in [0, 0.05) is 32.4 Å². The number of hydrogen-bond donors (Lipinski definition) is 1. The summed E-state index contributed by atoms with van der Waals surface area (Å²) < 4.78 is 23.9. The molecule has 4 heterocycles. The monoisotopic (exact) mass is 564 g/mol. The molecule has 1 aromatic carbocycles. The Hall–Kier alpha value is -4.09. The van der Waals surface area contributed by atoms with Gasteiger partial charge in [0.1, 0.15) is 11.3 Å². The van der Waals surface area contributed by atoms with Crippen molar-refractivity contribution in [3.63, 3.8) is 0 Å². The molecule has 0 radical (unpaired) electrons. The van der Waals surface area contributed by atoms with Crippen molar-refractivity contribution in [1.29, 1.82) is 0 Å². The lowest BCUT2D eigenvalue weighted by Gasteiger charge is -2.29. The van der Waals surface area contributed by atoms with Gasteiger partial charge in [-0.25, -0.2) is 4.98 Å². The van der Waals surface area contributed by atoms with E-state index in [4.69, 9.17) is 18.9 Å². The zero-order chi connectivity index (χ0) is 29.3. The zero-order valence-electron chi connectivity index (χ0n) is 24.1. The third-order valence-electron chi connectivity index (χ3n) is 7.83. The SMILES string of the molecule is COc1cc(C2C(=C(O)c3nc4c(C)cccn4c3C)C(=O)C(=O)N2CCCN2CCOCC2)cc(OC)c1OC. The van der Waals surface area contributed by atoms with Crippen molar-refractivity contribution in [2.45, 2.75) is 26.3 Å². The molecule has 3 aromatic rings. The number of methoxy groups -OCH3 is 3. The van der Waals surface area contributed by atoms with Crippen molar-refractivity contribution in [2.75, 3.05) is 60.7 Å². The highest BCUT2D eigenvalue weighted by Gasteiger charge is 2.47. The Morgan fingerprint density at radius 3 is 2.34 bits per heavy atom. The zero-order valence-corrected chi connectivity index (χ0v) is 24.1. The number of pyridine rings is 1. The second-order valence-electron chi connectivity index (χ2n) is 10.2. The number of carbonyl (C=O) groups excluding carboxylic acids is 2. The predicted octanol–water partition coefficient (Wildman–Crippen LogP) is 3.12. The number of benzene rings is 1. The summed E-state index contributed by atoms with van der Waals surface area (Å²) >= 11 is 0. The van der Waals surface area contributed by atoms with Gasteiger partial charge in [-0.3, -0.25) is 14.5 Å². The van der Waals surface area contributed by atoms with Crippen molar-refractivity contribution in [3.8, 4) is 17.2 Å². The molecule has 0 spiro atoms. The van der Waals surface area contributed by atoms with Crippen LogP contribution in [0.3, 0.4) is 0 Å². The number of imidazole rings is 1. The van der Waals surface area contributed by atoms with Crippen LogP contribution in [0, 0.1) is 13.8 Å².